The van der Waals surface area contributed by atoms with Crippen LogP contribution < -0.4 is 11.1 Å². The minimum atomic E-state index is -0.311. The molecule has 2 aromatic rings. The Labute approximate surface area is 122 Å². The molecule has 1 amide bonds. The number of anilines is 1. The number of thioether (sulfide) groups is 1. The highest BCUT2D eigenvalue weighted by molar-refractivity contribution is 8.00. The minimum Gasteiger partial charge on any atom is -0.378 e. The molecule has 5 nitrogen and oxygen atoms in total. The van der Waals surface area contributed by atoms with Crippen molar-refractivity contribution in [1.29, 1.82) is 0 Å². The first-order valence-corrected chi connectivity index (χ1v) is 7.44. The molecule has 3 N–H and O–H groups in total. The summed E-state index contributed by atoms with van der Waals surface area (Å²) in [7, 11) is 0. The van der Waals surface area contributed by atoms with E-state index in [4.69, 9.17) is 5.73 Å². The van der Waals surface area contributed by atoms with Crippen molar-refractivity contribution in [1.82, 2.24) is 9.78 Å². The molecule has 0 unspecified atom stereocenters. The lowest BCUT2D eigenvalue weighted by molar-refractivity contribution is -0.115. The van der Waals surface area contributed by atoms with Crippen molar-refractivity contribution in [2.75, 3.05) is 11.1 Å². The van der Waals surface area contributed by atoms with Crippen LogP contribution in [0.2, 0.25) is 0 Å². The second kappa shape index (κ2) is 7.00. The van der Waals surface area contributed by atoms with Crippen molar-refractivity contribution in [2.24, 2.45) is 5.73 Å². The molecule has 0 bridgehead atoms. The Bertz CT molecular complexity index is 582. The molecule has 0 spiro atoms. The molecule has 0 radical (unpaired) electrons. The van der Waals surface area contributed by atoms with Crippen LogP contribution in [0.5, 0.6) is 0 Å². The number of carbonyl (C=O) groups is 1. The van der Waals surface area contributed by atoms with Crippen molar-refractivity contribution in [2.45, 2.75) is 24.9 Å². The van der Waals surface area contributed by atoms with Gasteiger partial charge in [-0.05, 0) is 25.1 Å². The molecule has 0 aliphatic rings. The fourth-order valence-electron chi connectivity index (χ4n) is 1.87. The Kier molecular flexibility index (Phi) is 5.06. The summed E-state index contributed by atoms with van der Waals surface area (Å²) in [6.07, 6.45) is 1.80. The monoisotopic (exact) mass is 290 g/mol. The summed E-state index contributed by atoms with van der Waals surface area (Å²) in [6.45, 7) is 3.61. The number of para-hydroxylation sites is 1. The van der Waals surface area contributed by atoms with E-state index in [2.05, 4.69) is 17.3 Å². The molecule has 0 saturated carbocycles. The van der Waals surface area contributed by atoms with Crippen LogP contribution in [0.25, 0.3) is 0 Å². The van der Waals surface area contributed by atoms with Crippen molar-refractivity contribution < 1.29 is 4.79 Å². The first-order valence-electron chi connectivity index (χ1n) is 6.45. The van der Waals surface area contributed by atoms with Crippen molar-refractivity contribution in [3.05, 3.63) is 42.2 Å². The lowest BCUT2D eigenvalue weighted by Gasteiger charge is -2.12. The van der Waals surface area contributed by atoms with Gasteiger partial charge in [-0.3, -0.25) is 9.48 Å². The van der Waals surface area contributed by atoms with E-state index in [1.807, 2.05) is 35.0 Å². The number of primary amides is 1. The topological polar surface area (TPSA) is 72.9 Å². The summed E-state index contributed by atoms with van der Waals surface area (Å²) in [5, 5.41) is 7.62. The summed E-state index contributed by atoms with van der Waals surface area (Å²) in [5.41, 5.74) is 7.32. The molecular formula is C14H18N4OS. The van der Waals surface area contributed by atoms with Gasteiger partial charge in [-0.25, -0.2) is 0 Å². The summed E-state index contributed by atoms with van der Waals surface area (Å²) < 4.78 is 1.95. The van der Waals surface area contributed by atoms with Crippen molar-refractivity contribution in [3.8, 4) is 0 Å². The van der Waals surface area contributed by atoms with E-state index in [1.54, 1.807) is 6.20 Å². The summed E-state index contributed by atoms with van der Waals surface area (Å²) in [4.78, 5) is 11.9. The molecule has 2 rings (SSSR count). The van der Waals surface area contributed by atoms with Gasteiger partial charge in [0.1, 0.15) is 0 Å². The van der Waals surface area contributed by atoms with Crippen LogP contribution in [0.15, 0.2) is 41.4 Å². The van der Waals surface area contributed by atoms with Gasteiger partial charge in [-0.15, -0.1) is 11.8 Å². The average Bonchev–Trinajstić information content (AvgIpc) is 2.91. The number of nitrogens with zero attached hydrogens (tertiary/aromatic N) is 2. The van der Waals surface area contributed by atoms with Gasteiger partial charge >= 0.3 is 0 Å². The molecule has 0 fully saturated rings. The molecule has 0 atom stereocenters. The zero-order valence-electron chi connectivity index (χ0n) is 11.4. The molecule has 0 aliphatic carbocycles. The summed E-state index contributed by atoms with van der Waals surface area (Å²) in [6, 6.07) is 9.89. The van der Waals surface area contributed by atoms with Gasteiger partial charge in [-0.2, -0.15) is 5.10 Å². The van der Waals surface area contributed by atoms with Crippen LogP contribution in [0.4, 0.5) is 5.69 Å². The maximum Gasteiger partial charge on any atom is 0.227 e. The SMILES string of the molecule is CCn1nccc1CNc1ccccc1SCC(N)=O. The van der Waals surface area contributed by atoms with Crippen LogP contribution in [0.1, 0.15) is 12.6 Å². The van der Waals surface area contributed by atoms with E-state index in [1.165, 1.54) is 11.8 Å². The number of aromatic nitrogens is 2. The molecule has 6 heteroatoms. The first-order chi connectivity index (χ1) is 9.70. The number of hydrogen-bond donors (Lipinski definition) is 2. The third-order valence-corrected chi connectivity index (χ3v) is 3.92. The lowest BCUT2D eigenvalue weighted by atomic mass is 10.3. The van der Waals surface area contributed by atoms with Gasteiger partial charge in [0.25, 0.3) is 0 Å². The maximum atomic E-state index is 10.9. The van der Waals surface area contributed by atoms with E-state index in [0.717, 1.165) is 22.8 Å². The molecule has 0 aliphatic heterocycles. The van der Waals surface area contributed by atoms with Gasteiger partial charge in [0.05, 0.1) is 18.0 Å². The van der Waals surface area contributed by atoms with Crippen LogP contribution in [0.3, 0.4) is 0 Å². The number of nitrogens with one attached hydrogen (secondary N) is 1. The Morgan fingerprint density at radius 1 is 1.40 bits per heavy atom. The molecule has 1 aromatic heterocycles. The van der Waals surface area contributed by atoms with Gasteiger partial charge in [0.15, 0.2) is 0 Å². The molecular weight excluding hydrogens is 272 g/mol. The first kappa shape index (κ1) is 14.5. The highest BCUT2D eigenvalue weighted by Gasteiger charge is 2.05. The van der Waals surface area contributed by atoms with Crippen molar-refractivity contribution >= 4 is 23.4 Å². The van der Waals surface area contributed by atoms with E-state index in [0.29, 0.717) is 6.54 Å². The molecule has 106 valence electrons. The van der Waals surface area contributed by atoms with Crippen LogP contribution in [-0.2, 0) is 17.9 Å². The Morgan fingerprint density at radius 3 is 2.95 bits per heavy atom. The standard InChI is InChI=1S/C14H18N4OS/c1-2-18-11(7-8-17-18)9-16-12-5-3-4-6-13(12)20-10-14(15)19/h3-8,16H,2,9-10H2,1H3,(H2,15,19). The summed E-state index contributed by atoms with van der Waals surface area (Å²) >= 11 is 1.44. The van der Waals surface area contributed by atoms with E-state index in [9.17, 15) is 4.79 Å². The fraction of sp³-hybridized carbons (Fsp3) is 0.286. The highest BCUT2D eigenvalue weighted by Crippen LogP contribution is 2.27. The van der Waals surface area contributed by atoms with Crippen LogP contribution >= 0.6 is 11.8 Å². The van der Waals surface area contributed by atoms with E-state index in [-0.39, 0.29) is 11.7 Å². The normalized spacial score (nSPS) is 10.4. The smallest absolute Gasteiger partial charge is 0.227 e. The van der Waals surface area contributed by atoms with Gasteiger partial charge < -0.3 is 11.1 Å². The molecule has 1 heterocycles. The number of benzene rings is 1. The van der Waals surface area contributed by atoms with E-state index < -0.39 is 0 Å². The second-order valence-corrected chi connectivity index (χ2v) is 5.26. The molecule has 0 saturated heterocycles. The highest BCUT2D eigenvalue weighted by atomic mass is 32.2. The van der Waals surface area contributed by atoms with Gasteiger partial charge in [0, 0.05) is 23.3 Å². The number of aryl methyl sites for hydroxylation is 1. The predicted molar refractivity (Wildman–Crippen MR) is 81.6 cm³/mol. The van der Waals surface area contributed by atoms with E-state index >= 15 is 0 Å². The predicted octanol–water partition coefficient (Wildman–Crippen LogP) is 2.09. The van der Waals surface area contributed by atoms with Gasteiger partial charge in [0.2, 0.25) is 5.91 Å². The Morgan fingerprint density at radius 2 is 2.20 bits per heavy atom. The zero-order chi connectivity index (χ0) is 14.4. The third-order valence-electron chi connectivity index (χ3n) is 2.82. The third kappa shape index (κ3) is 3.77. The largest absolute Gasteiger partial charge is 0.378 e. The minimum absolute atomic E-state index is 0.283. The quantitative estimate of drug-likeness (QED) is 0.766. The number of amides is 1. The lowest BCUT2D eigenvalue weighted by Crippen LogP contribution is -2.13. The van der Waals surface area contributed by atoms with Gasteiger partial charge in [-0.1, -0.05) is 12.1 Å². The molecule has 20 heavy (non-hydrogen) atoms. The Balaban J connectivity index is 2.03. The number of carbonyl (C=O) groups excluding carboxylic acids is 1. The number of nitrogens with two attached hydrogens (primary N) is 1. The maximum absolute atomic E-state index is 10.9. The average molecular weight is 290 g/mol. The van der Waals surface area contributed by atoms with Crippen LogP contribution in [0, 0.1) is 0 Å². The fourth-order valence-corrected chi connectivity index (χ4v) is 2.64. The Hall–Kier alpha value is -1.95. The zero-order valence-corrected chi connectivity index (χ0v) is 12.2. The second-order valence-electron chi connectivity index (χ2n) is 4.24. The van der Waals surface area contributed by atoms with Crippen molar-refractivity contribution in [3.63, 3.8) is 0 Å². The van der Waals surface area contributed by atoms with Crippen LogP contribution in [-0.4, -0.2) is 21.4 Å². The number of hydrogen-bond acceptors (Lipinski definition) is 4. The summed E-state index contributed by atoms with van der Waals surface area (Å²) in [5.74, 6) is -0.0279. The molecule has 1 aromatic carbocycles. The number of rotatable bonds is 7.